The van der Waals surface area contributed by atoms with E-state index in [1.54, 1.807) is 0 Å². The molecule has 132 valence electrons. The lowest BCUT2D eigenvalue weighted by molar-refractivity contribution is -0.129. The number of rotatable bonds is 5. The third kappa shape index (κ3) is 4.22. The first-order valence-corrected chi connectivity index (χ1v) is 9.20. The van der Waals surface area contributed by atoms with Gasteiger partial charge in [-0.05, 0) is 73.9 Å². The molecule has 0 unspecified atom stereocenters. The quantitative estimate of drug-likeness (QED) is 0.862. The number of hydrogen-bond acceptors (Lipinski definition) is 2. The van der Waals surface area contributed by atoms with Crippen LogP contribution in [0.5, 0.6) is 5.75 Å². The minimum absolute atomic E-state index is 0.0247. The maximum absolute atomic E-state index is 12.8. The van der Waals surface area contributed by atoms with E-state index in [9.17, 15) is 4.79 Å². The monoisotopic (exact) mass is 337 g/mol. The van der Waals surface area contributed by atoms with Crippen LogP contribution in [0.4, 0.5) is 0 Å². The summed E-state index contributed by atoms with van der Waals surface area (Å²) < 4.78 is 6.00. The zero-order valence-corrected chi connectivity index (χ0v) is 15.3. The van der Waals surface area contributed by atoms with E-state index in [1.165, 1.54) is 11.1 Å². The lowest BCUT2D eigenvalue weighted by Crippen LogP contribution is -2.41. The van der Waals surface area contributed by atoms with Gasteiger partial charge in [-0.25, -0.2) is 0 Å². The van der Waals surface area contributed by atoms with E-state index in [0.29, 0.717) is 6.42 Å². The normalized spacial score (nSPS) is 17.5. The molecule has 0 aromatic heterocycles. The van der Waals surface area contributed by atoms with Gasteiger partial charge >= 0.3 is 0 Å². The van der Waals surface area contributed by atoms with E-state index >= 15 is 0 Å². The molecule has 0 fully saturated rings. The van der Waals surface area contributed by atoms with Crippen LogP contribution in [0.2, 0.25) is 0 Å². The fourth-order valence-corrected chi connectivity index (χ4v) is 3.66. The zero-order valence-electron chi connectivity index (χ0n) is 15.3. The summed E-state index contributed by atoms with van der Waals surface area (Å²) in [5.41, 5.74) is 4.89. The maximum Gasteiger partial charge on any atom is 0.261 e. The molecule has 3 heteroatoms. The first kappa shape index (κ1) is 17.5. The zero-order chi connectivity index (χ0) is 17.8. The largest absolute Gasteiger partial charge is 0.481 e. The van der Waals surface area contributed by atoms with Gasteiger partial charge in [0.2, 0.25) is 0 Å². The highest BCUT2D eigenvalue weighted by Crippen LogP contribution is 2.29. The number of aryl methyl sites for hydroxylation is 3. The summed E-state index contributed by atoms with van der Waals surface area (Å²) in [5, 5.41) is 3.21. The molecule has 1 aliphatic carbocycles. The van der Waals surface area contributed by atoms with E-state index in [0.717, 1.165) is 36.1 Å². The molecule has 25 heavy (non-hydrogen) atoms. The number of carbonyl (C=O) groups is 1. The van der Waals surface area contributed by atoms with Gasteiger partial charge in [-0.3, -0.25) is 4.79 Å². The van der Waals surface area contributed by atoms with Crippen molar-refractivity contribution in [1.82, 2.24) is 5.32 Å². The van der Waals surface area contributed by atoms with Gasteiger partial charge in [0.05, 0.1) is 6.04 Å². The van der Waals surface area contributed by atoms with Crippen LogP contribution in [-0.4, -0.2) is 12.0 Å². The molecule has 2 aromatic carbocycles. The van der Waals surface area contributed by atoms with Crippen LogP contribution in [0.15, 0.2) is 42.5 Å². The Bertz CT molecular complexity index is 733. The fourth-order valence-electron chi connectivity index (χ4n) is 3.66. The predicted molar refractivity (Wildman–Crippen MR) is 101 cm³/mol. The summed E-state index contributed by atoms with van der Waals surface area (Å²) in [5.74, 6) is 0.743. The number of hydrogen-bond donors (Lipinski definition) is 1. The highest BCUT2D eigenvalue weighted by atomic mass is 16.5. The number of carbonyl (C=O) groups excluding carboxylic acids is 1. The van der Waals surface area contributed by atoms with Crippen LogP contribution in [-0.2, 0) is 11.2 Å². The minimum atomic E-state index is -0.463. The van der Waals surface area contributed by atoms with Crippen molar-refractivity contribution in [2.45, 2.75) is 58.6 Å². The molecular weight excluding hydrogens is 310 g/mol. The molecule has 2 aromatic rings. The molecule has 0 bridgehead atoms. The van der Waals surface area contributed by atoms with Crippen molar-refractivity contribution in [1.29, 1.82) is 0 Å². The number of ether oxygens (including phenoxy) is 1. The Labute approximate surface area is 150 Å². The molecule has 0 saturated carbocycles. The molecule has 0 spiro atoms. The van der Waals surface area contributed by atoms with Crippen LogP contribution < -0.4 is 10.1 Å². The van der Waals surface area contributed by atoms with Crippen molar-refractivity contribution in [3.05, 3.63) is 64.7 Å². The van der Waals surface area contributed by atoms with Gasteiger partial charge in [-0.2, -0.15) is 0 Å². The predicted octanol–water partition coefficient (Wildman–Crippen LogP) is 4.65. The molecule has 3 rings (SSSR count). The molecule has 0 aliphatic heterocycles. The highest BCUT2D eigenvalue weighted by molar-refractivity contribution is 5.81. The highest BCUT2D eigenvalue weighted by Gasteiger charge is 2.25. The van der Waals surface area contributed by atoms with Gasteiger partial charge in [0.1, 0.15) is 5.75 Å². The Balaban J connectivity index is 1.71. The Morgan fingerprint density at radius 3 is 2.64 bits per heavy atom. The first-order chi connectivity index (χ1) is 12.1. The van der Waals surface area contributed by atoms with Crippen LogP contribution in [0.1, 0.15) is 54.5 Å². The molecular formula is C22H27NO2. The summed E-state index contributed by atoms with van der Waals surface area (Å²) in [6, 6.07) is 14.6. The topological polar surface area (TPSA) is 38.3 Å². The molecule has 3 nitrogen and oxygen atoms in total. The van der Waals surface area contributed by atoms with Gasteiger partial charge in [0.15, 0.2) is 6.10 Å². The summed E-state index contributed by atoms with van der Waals surface area (Å²) in [6.45, 7) is 6.07. The Morgan fingerprint density at radius 2 is 1.92 bits per heavy atom. The molecule has 1 N–H and O–H groups in total. The summed E-state index contributed by atoms with van der Waals surface area (Å²) in [4.78, 5) is 12.8. The molecule has 1 aliphatic rings. The van der Waals surface area contributed by atoms with E-state index in [2.05, 4.69) is 29.6 Å². The summed E-state index contributed by atoms with van der Waals surface area (Å²) in [7, 11) is 0. The number of benzene rings is 2. The van der Waals surface area contributed by atoms with Gasteiger partial charge in [0.25, 0.3) is 5.91 Å². The van der Waals surface area contributed by atoms with Crippen molar-refractivity contribution >= 4 is 5.91 Å². The number of fused-ring (bicyclic) bond motifs is 1. The Kier molecular flexibility index (Phi) is 5.42. The summed E-state index contributed by atoms with van der Waals surface area (Å²) >= 11 is 0. The van der Waals surface area contributed by atoms with E-state index in [1.807, 2.05) is 39.0 Å². The van der Waals surface area contributed by atoms with Crippen LogP contribution in [0.3, 0.4) is 0 Å². The van der Waals surface area contributed by atoms with Crippen LogP contribution in [0, 0.1) is 13.8 Å². The van der Waals surface area contributed by atoms with Crippen molar-refractivity contribution < 1.29 is 9.53 Å². The lowest BCUT2D eigenvalue weighted by atomic mass is 9.87. The van der Waals surface area contributed by atoms with Gasteiger partial charge in [-0.1, -0.05) is 37.3 Å². The lowest BCUT2D eigenvalue weighted by Gasteiger charge is -2.28. The third-order valence-electron chi connectivity index (χ3n) is 4.82. The fraction of sp³-hybridized carbons (Fsp3) is 0.409. The number of amides is 1. The Hall–Kier alpha value is -2.29. The van der Waals surface area contributed by atoms with Crippen molar-refractivity contribution in [2.75, 3.05) is 0 Å². The van der Waals surface area contributed by atoms with Crippen LogP contribution >= 0.6 is 0 Å². The second-order valence-electron chi connectivity index (χ2n) is 6.99. The number of nitrogens with one attached hydrogen (secondary N) is 1. The maximum atomic E-state index is 12.8. The van der Waals surface area contributed by atoms with E-state index < -0.39 is 6.10 Å². The van der Waals surface area contributed by atoms with Crippen molar-refractivity contribution in [3.8, 4) is 5.75 Å². The second-order valence-corrected chi connectivity index (χ2v) is 6.99. The minimum Gasteiger partial charge on any atom is -0.481 e. The van der Waals surface area contributed by atoms with Crippen molar-refractivity contribution in [2.24, 2.45) is 0 Å². The Morgan fingerprint density at radius 1 is 1.20 bits per heavy atom. The van der Waals surface area contributed by atoms with Gasteiger partial charge in [-0.15, -0.1) is 0 Å². The van der Waals surface area contributed by atoms with Gasteiger partial charge < -0.3 is 10.1 Å². The van der Waals surface area contributed by atoms with E-state index in [4.69, 9.17) is 4.74 Å². The van der Waals surface area contributed by atoms with E-state index in [-0.39, 0.29) is 11.9 Å². The third-order valence-corrected chi connectivity index (χ3v) is 4.82. The molecule has 0 saturated heterocycles. The average Bonchev–Trinajstić information content (AvgIpc) is 2.59. The first-order valence-electron chi connectivity index (χ1n) is 9.20. The van der Waals surface area contributed by atoms with Gasteiger partial charge in [0, 0.05) is 0 Å². The second kappa shape index (κ2) is 7.73. The SMILES string of the molecule is CC[C@@H](Oc1cc(C)cc(C)c1)C(=O)N[C@@H]1CCCc2ccccc21. The van der Waals surface area contributed by atoms with Crippen LogP contribution in [0.25, 0.3) is 0 Å². The molecule has 2 atom stereocenters. The molecule has 1 amide bonds. The molecule has 0 radical (unpaired) electrons. The molecule has 0 heterocycles. The standard InChI is InChI=1S/C22H27NO2/c1-4-21(25-18-13-15(2)12-16(3)14-18)22(24)23-20-11-7-9-17-8-5-6-10-19(17)20/h5-6,8,10,12-14,20-21H,4,7,9,11H2,1-3H3,(H,23,24)/t20-,21-/m1/s1. The smallest absolute Gasteiger partial charge is 0.261 e. The summed E-state index contributed by atoms with van der Waals surface area (Å²) in [6.07, 6.45) is 3.38. The average molecular weight is 337 g/mol. The van der Waals surface area contributed by atoms with Crippen molar-refractivity contribution in [3.63, 3.8) is 0 Å².